The maximum atomic E-state index is 6.16. The summed E-state index contributed by atoms with van der Waals surface area (Å²) in [7, 11) is 0. The van der Waals surface area contributed by atoms with Crippen molar-refractivity contribution in [3.63, 3.8) is 0 Å². The molecule has 3 heteroatoms. The van der Waals surface area contributed by atoms with E-state index in [1.807, 2.05) is 18.2 Å². The SMILES string of the molecule is CCCOc1cccc(Nc2ccc(CCC)cc2)c1N. The summed E-state index contributed by atoms with van der Waals surface area (Å²) in [4.78, 5) is 0. The zero-order valence-electron chi connectivity index (χ0n) is 12.9. The molecule has 0 aromatic heterocycles. The highest BCUT2D eigenvalue weighted by molar-refractivity contribution is 5.77. The molecule has 0 aliphatic carbocycles. The van der Waals surface area contributed by atoms with E-state index in [9.17, 15) is 0 Å². The van der Waals surface area contributed by atoms with Gasteiger partial charge in [0.05, 0.1) is 18.0 Å². The summed E-state index contributed by atoms with van der Waals surface area (Å²) in [6, 6.07) is 14.3. The van der Waals surface area contributed by atoms with Gasteiger partial charge in [-0.15, -0.1) is 0 Å². The fourth-order valence-corrected chi connectivity index (χ4v) is 2.19. The Morgan fingerprint density at radius 1 is 1.00 bits per heavy atom. The lowest BCUT2D eigenvalue weighted by Crippen LogP contribution is -2.02. The molecule has 0 atom stereocenters. The molecule has 3 nitrogen and oxygen atoms in total. The van der Waals surface area contributed by atoms with Gasteiger partial charge in [-0.05, 0) is 42.7 Å². The van der Waals surface area contributed by atoms with E-state index < -0.39 is 0 Å². The standard InChI is InChI=1S/C18H24N2O/c1-3-6-14-9-11-15(12-10-14)20-16-7-5-8-17(18(16)19)21-13-4-2/h5,7-12,20H,3-4,6,13,19H2,1-2H3. The predicted molar refractivity (Wildman–Crippen MR) is 90.4 cm³/mol. The van der Waals surface area contributed by atoms with Crippen LogP contribution in [0.25, 0.3) is 0 Å². The highest BCUT2D eigenvalue weighted by Gasteiger charge is 2.06. The average Bonchev–Trinajstić information content (AvgIpc) is 2.50. The second-order valence-corrected chi connectivity index (χ2v) is 5.14. The molecule has 0 fully saturated rings. The maximum absolute atomic E-state index is 6.16. The van der Waals surface area contributed by atoms with Gasteiger partial charge in [-0.25, -0.2) is 0 Å². The van der Waals surface area contributed by atoms with Gasteiger partial charge in [0.1, 0.15) is 5.75 Å². The number of nitrogen functional groups attached to an aromatic ring is 1. The van der Waals surface area contributed by atoms with Gasteiger partial charge in [0.15, 0.2) is 0 Å². The van der Waals surface area contributed by atoms with Crippen molar-refractivity contribution in [1.29, 1.82) is 0 Å². The molecule has 0 aliphatic rings. The summed E-state index contributed by atoms with van der Waals surface area (Å²) < 4.78 is 5.65. The Labute approximate surface area is 127 Å². The van der Waals surface area contributed by atoms with E-state index in [-0.39, 0.29) is 0 Å². The lowest BCUT2D eigenvalue weighted by atomic mass is 10.1. The lowest BCUT2D eigenvalue weighted by molar-refractivity contribution is 0.319. The fourth-order valence-electron chi connectivity index (χ4n) is 2.19. The summed E-state index contributed by atoms with van der Waals surface area (Å²) in [5.74, 6) is 0.740. The summed E-state index contributed by atoms with van der Waals surface area (Å²) in [5, 5.41) is 3.35. The molecule has 0 bridgehead atoms. The molecular weight excluding hydrogens is 260 g/mol. The molecule has 0 saturated carbocycles. The van der Waals surface area contributed by atoms with E-state index in [4.69, 9.17) is 10.5 Å². The molecule has 0 radical (unpaired) electrons. The number of hydrogen-bond acceptors (Lipinski definition) is 3. The van der Waals surface area contributed by atoms with Crippen LogP contribution in [-0.2, 0) is 6.42 Å². The summed E-state index contributed by atoms with van der Waals surface area (Å²) in [6.45, 7) is 4.95. The number of nitrogens with one attached hydrogen (secondary N) is 1. The zero-order valence-corrected chi connectivity index (χ0v) is 12.9. The molecule has 2 aromatic rings. The van der Waals surface area contributed by atoms with E-state index in [1.54, 1.807) is 0 Å². The maximum Gasteiger partial charge on any atom is 0.144 e. The van der Waals surface area contributed by atoms with E-state index in [0.717, 1.165) is 36.4 Å². The van der Waals surface area contributed by atoms with Crippen LogP contribution in [0.2, 0.25) is 0 Å². The molecule has 0 aliphatic heterocycles. The van der Waals surface area contributed by atoms with Gasteiger partial charge in [-0.3, -0.25) is 0 Å². The Bertz CT molecular complexity index is 564. The molecule has 0 saturated heterocycles. The van der Waals surface area contributed by atoms with Gasteiger partial charge >= 0.3 is 0 Å². The number of ether oxygens (including phenoxy) is 1. The highest BCUT2D eigenvalue weighted by Crippen LogP contribution is 2.31. The van der Waals surface area contributed by atoms with Crippen LogP contribution in [-0.4, -0.2) is 6.61 Å². The number of hydrogen-bond donors (Lipinski definition) is 2. The van der Waals surface area contributed by atoms with Crippen LogP contribution in [0.15, 0.2) is 42.5 Å². The Balaban J connectivity index is 2.11. The molecule has 21 heavy (non-hydrogen) atoms. The Kier molecular flexibility index (Phi) is 5.50. The third kappa shape index (κ3) is 4.15. The number of benzene rings is 2. The molecule has 3 N–H and O–H groups in total. The first-order valence-corrected chi connectivity index (χ1v) is 7.61. The van der Waals surface area contributed by atoms with Crippen LogP contribution < -0.4 is 15.8 Å². The number of nitrogens with two attached hydrogens (primary N) is 1. The van der Waals surface area contributed by atoms with Crippen LogP contribution in [0.4, 0.5) is 17.1 Å². The van der Waals surface area contributed by atoms with Gasteiger partial charge in [-0.2, -0.15) is 0 Å². The molecule has 0 amide bonds. The largest absolute Gasteiger partial charge is 0.491 e. The van der Waals surface area contributed by atoms with Gasteiger partial charge in [0.2, 0.25) is 0 Å². The van der Waals surface area contributed by atoms with Crippen molar-refractivity contribution in [2.24, 2.45) is 0 Å². The highest BCUT2D eigenvalue weighted by atomic mass is 16.5. The van der Waals surface area contributed by atoms with Crippen molar-refractivity contribution in [3.8, 4) is 5.75 Å². The van der Waals surface area contributed by atoms with Crippen LogP contribution in [0.3, 0.4) is 0 Å². The second kappa shape index (κ2) is 7.58. The molecule has 2 rings (SSSR count). The van der Waals surface area contributed by atoms with E-state index in [0.29, 0.717) is 12.3 Å². The normalized spacial score (nSPS) is 10.4. The number of aryl methyl sites for hydroxylation is 1. The van der Waals surface area contributed by atoms with Crippen LogP contribution in [0, 0.1) is 0 Å². The Morgan fingerprint density at radius 2 is 1.76 bits per heavy atom. The first kappa shape index (κ1) is 15.2. The first-order chi connectivity index (χ1) is 10.2. The third-order valence-corrected chi connectivity index (χ3v) is 3.30. The van der Waals surface area contributed by atoms with E-state index in [1.165, 1.54) is 5.56 Å². The second-order valence-electron chi connectivity index (χ2n) is 5.14. The molecule has 112 valence electrons. The summed E-state index contributed by atoms with van der Waals surface area (Å²) >= 11 is 0. The minimum Gasteiger partial charge on any atom is -0.491 e. The van der Waals surface area contributed by atoms with Crippen LogP contribution >= 0.6 is 0 Å². The number of rotatable bonds is 7. The van der Waals surface area contributed by atoms with E-state index in [2.05, 4.69) is 43.4 Å². The van der Waals surface area contributed by atoms with Gasteiger partial charge in [0, 0.05) is 5.69 Å². The molecular formula is C18H24N2O. The third-order valence-electron chi connectivity index (χ3n) is 3.30. The molecule has 0 unspecified atom stereocenters. The quantitative estimate of drug-likeness (QED) is 0.721. The topological polar surface area (TPSA) is 47.3 Å². The van der Waals surface area contributed by atoms with Crippen molar-refractivity contribution in [1.82, 2.24) is 0 Å². The number of anilines is 3. The fraction of sp³-hybridized carbons (Fsp3) is 0.333. The predicted octanol–water partition coefficient (Wildman–Crippen LogP) is 4.75. The van der Waals surface area contributed by atoms with Crippen molar-refractivity contribution < 1.29 is 4.74 Å². The van der Waals surface area contributed by atoms with Gasteiger partial charge in [-0.1, -0.05) is 38.5 Å². The average molecular weight is 284 g/mol. The summed E-state index contributed by atoms with van der Waals surface area (Å²) in [6.07, 6.45) is 3.25. The van der Waals surface area contributed by atoms with Gasteiger partial charge < -0.3 is 15.8 Å². The number of para-hydroxylation sites is 1. The van der Waals surface area contributed by atoms with Crippen LogP contribution in [0.5, 0.6) is 5.75 Å². The summed E-state index contributed by atoms with van der Waals surface area (Å²) in [5.41, 5.74) is 10.1. The Hall–Kier alpha value is -2.16. The minimum absolute atomic E-state index is 0.656. The lowest BCUT2D eigenvalue weighted by Gasteiger charge is -2.14. The molecule has 0 spiro atoms. The first-order valence-electron chi connectivity index (χ1n) is 7.61. The smallest absolute Gasteiger partial charge is 0.144 e. The van der Waals surface area contributed by atoms with Crippen molar-refractivity contribution in [2.75, 3.05) is 17.7 Å². The van der Waals surface area contributed by atoms with Gasteiger partial charge in [0.25, 0.3) is 0 Å². The van der Waals surface area contributed by atoms with Crippen molar-refractivity contribution in [2.45, 2.75) is 33.1 Å². The zero-order chi connectivity index (χ0) is 15.1. The minimum atomic E-state index is 0.656. The van der Waals surface area contributed by atoms with Crippen LogP contribution in [0.1, 0.15) is 32.3 Å². The van der Waals surface area contributed by atoms with E-state index >= 15 is 0 Å². The monoisotopic (exact) mass is 284 g/mol. The van der Waals surface area contributed by atoms with Crippen molar-refractivity contribution >= 4 is 17.1 Å². The van der Waals surface area contributed by atoms with Crippen molar-refractivity contribution in [3.05, 3.63) is 48.0 Å². The Morgan fingerprint density at radius 3 is 2.43 bits per heavy atom. The molecule has 2 aromatic carbocycles. The molecule has 0 heterocycles.